The molecule has 0 saturated carbocycles. The maximum atomic E-state index is 11.8. The average molecular weight is 241 g/mol. The normalized spacial score (nSPS) is 10.5. The lowest BCUT2D eigenvalue weighted by atomic mass is 10.3. The summed E-state index contributed by atoms with van der Waals surface area (Å²) in [6, 6.07) is 3.75. The van der Waals surface area contributed by atoms with Gasteiger partial charge in [-0.2, -0.15) is 0 Å². The van der Waals surface area contributed by atoms with Gasteiger partial charge in [0.15, 0.2) is 0 Å². The molecule has 0 spiro atoms. The number of aryl methyl sites for hydroxylation is 1. The highest BCUT2D eigenvalue weighted by atomic mass is 16.5. The molecule has 1 heterocycles. The van der Waals surface area contributed by atoms with Gasteiger partial charge in [-0.1, -0.05) is 0 Å². The quantitative estimate of drug-likeness (QED) is 0.720. The molecule has 1 aromatic heterocycles. The Morgan fingerprint density at radius 2 is 2.12 bits per heavy atom. The molecule has 1 amide bonds. The van der Waals surface area contributed by atoms with E-state index in [0.29, 0.717) is 19.7 Å². The number of hydrogen-bond acceptors (Lipinski definition) is 4. The minimum atomic E-state index is -0.0707. The van der Waals surface area contributed by atoms with Gasteiger partial charge in [-0.15, -0.1) is 0 Å². The van der Waals surface area contributed by atoms with Crippen LogP contribution in [0.15, 0.2) is 16.5 Å². The topological polar surface area (TPSA) is 51.9 Å². The fourth-order valence-electron chi connectivity index (χ4n) is 1.47. The molecule has 0 bridgehead atoms. The van der Waals surface area contributed by atoms with E-state index in [-0.39, 0.29) is 12.5 Å². The number of nitrogens with zero attached hydrogens (tertiary/aromatic N) is 1. The molecule has 0 radical (unpaired) electrons. The van der Waals surface area contributed by atoms with Crippen LogP contribution in [-0.2, 0) is 20.8 Å². The molecule has 5 nitrogen and oxygen atoms in total. The molecule has 0 saturated heterocycles. The molecule has 1 rings (SSSR count). The van der Waals surface area contributed by atoms with Crippen molar-refractivity contribution < 1.29 is 18.7 Å². The highest BCUT2D eigenvalue weighted by Gasteiger charge is 2.14. The van der Waals surface area contributed by atoms with Crippen molar-refractivity contribution in [1.82, 2.24) is 4.90 Å². The van der Waals surface area contributed by atoms with E-state index in [1.165, 1.54) is 7.11 Å². The third kappa shape index (κ3) is 4.58. The number of carbonyl (C=O) groups excluding carboxylic acids is 1. The number of methoxy groups -OCH3 is 2. The van der Waals surface area contributed by atoms with E-state index < -0.39 is 0 Å². The largest absolute Gasteiger partial charge is 0.464 e. The van der Waals surface area contributed by atoms with Crippen LogP contribution in [0.1, 0.15) is 11.5 Å². The number of rotatable bonds is 7. The molecule has 1 aromatic rings. The Labute approximate surface area is 101 Å². The van der Waals surface area contributed by atoms with Crippen molar-refractivity contribution in [2.24, 2.45) is 0 Å². The number of amides is 1. The number of ether oxygens (including phenoxy) is 2. The maximum absolute atomic E-state index is 11.8. The minimum absolute atomic E-state index is 0.0707. The van der Waals surface area contributed by atoms with Crippen LogP contribution in [0.4, 0.5) is 0 Å². The van der Waals surface area contributed by atoms with Gasteiger partial charge in [0.2, 0.25) is 5.91 Å². The van der Waals surface area contributed by atoms with Crippen LogP contribution in [0.5, 0.6) is 0 Å². The minimum Gasteiger partial charge on any atom is -0.464 e. The molecule has 0 fully saturated rings. The lowest BCUT2D eigenvalue weighted by molar-refractivity contribution is -0.136. The molecule has 0 unspecified atom stereocenters. The van der Waals surface area contributed by atoms with Crippen LogP contribution in [-0.4, -0.2) is 44.8 Å². The van der Waals surface area contributed by atoms with Crippen LogP contribution in [0.25, 0.3) is 0 Å². The summed E-state index contributed by atoms with van der Waals surface area (Å²) in [6.45, 7) is 3.41. The van der Waals surface area contributed by atoms with Gasteiger partial charge in [-0.3, -0.25) is 4.79 Å². The van der Waals surface area contributed by atoms with Gasteiger partial charge in [0.05, 0.1) is 13.2 Å². The van der Waals surface area contributed by atoms with Gasteiger partial charge >= 0.3 is 0 Å². The van der Waals surface area contributed by atoms with Crippen LogP contribution in [0.3, 0.4) is 0 Å². The van der Waals surface area contributed by atoms with E-state index >= 15 is 0 Å². The molecule has 5 heteroatoms. The molecule has 17 heavy (non-hydrogen) atoms. The molecule has 0 aliphatic heterocycles. The van der Waals surface area contributed by atoms with E-state index in [9.17, 15) is 4.79 Å². The first-order valence-electron chi connectivity index (χ1n) is 5.48. The summed E-state index contributed by atoms with van der Waals surface area (Å²) < 4.78 is 15.3. The summed E-state index contributed by atoms with van der Waals surface area (Å²) in [5.74, 6) is 1.53. The van der Waals surface area contributed by atoms with E-state index in [4.69, 9.17) is 13.9 Å². The van der Waals surface area contributed by atoms with Crippen molar-refractivity contribution in [2.75, 3.05) is 34.0 Å². The smallest absolute Gasteiger partial charge is 0.249 e. The fraction of sp³-hybridized carbons (Fsp3) is 0.583. The Balaban J connectivity index is 2.59. The van der Waals surface area contributed by atoms with Crippen molar-refractivity contribution in [3.8, 4) is 0 Å². The van der Waals surface area contributed by atoms with Gasteiger partial charge in [0, 0.05) is 20.8 Å². The third-order valence-corrected chi connectivity index (χ3v) is 2.33. The summed E-state index contributed by atoms with van der Waals surface area (Å²) in [5, 5.41) is 0. The standard InChI is InChI=1S/C12H19NO4/c1-10-4-5-11(17-10)8-13(6-7-15-2)12(14)9-16-3/h4-5H,6-9H2,1-3H3. The van der Waals surface area contributed by atoms with Crippen LogP contribution < -0.4 is 0 Å². The Bertz CT molecular complexity index is 348. The Morgan fingerprint density at radius 3 is 2.65 bits per heavy atom. The molecule has 96 valence electrons. The molecule has 0 aliphatic carbocycles. The fourth-order valence-corrected chi connectivity index (χ4v) is 1.47. The summed E-state index contributed by atoms with van der Waals surface area (Å²) in [4.78, 5) is 13.4. The number of hydrogen-bond donors (Lipinski definition) is 0. The molecular weight excluding hydrogens is 222 g/mol. The van der Waals surface area contributed by atoms with Crippen LogP contribution in [0.2, 0.25) is 0 Å². The zero-order chi connectivity index (χ0) is 12.7. The lowest BCUT2D eigenvalue weighted by Gasteiger charge is -2.20. The second-order valence-electron chi connectivity index (χ2n) is 3.75. The number of furan rings is 1. The Morgan fingerprint density at radius 1 is 1.35 bits per heavy atom. The van der Waals surface area contributed by atoms with Crippen molar-refractivity contribution >= 4 is 5.91 Å². The zero-order valence-electron chi connectivity index (χ0n) is 10.6. The van der Waals surface area contributed by atoms with Gasteiger partial charge in [-0.05, 0) is 19.1 Å². The molecule has 0 aromatic carbocycles. The molecule has 0 atom stereocenters. The average Bonchev–Trinajstić information content (AvgIpc) is 2.70. The Kier molecular flexibility index (Phi) is 5.72. The maximum Gasteiger partial charge on any atom is 0.249 e. The monoisotopic (exact) mass is 241 g/mol. The molecule has 0 aliphatic rings. The second kappa shape index (κ2) is 7.09. The van der Waals surface area contributed by atoms with Gasteiger partial charge in [0.1, 0.15) is 18.1 Å². The predicted molar refractivity (Wildman–Crippen MR) is 62.6 cm³/mol. The van der Waals surface area contributed by atoms with Gasteiger partial charge in [-0.25, -0.2) is 0 Å². The van der Waals surface area contributed by atoms with Crippen molar-refractivity contribution in [3.05, 3.63) is 23.7 Å². The van der Waals surface area contributed by atoms with Crippen LogP contribution in [0, 0.1) is 6.92 Å². The third-order valence-electron chi connectivity index (χ3n) is 2.33. The highest BCUT2D eigenvalue weighted by molar-refractivity contribution is 5.77. The van der Waals surface area contributed by atoms with E-state index in [1.54, 1.807) is 12.0 Å². The summed E-state index contributed by atoms with van der Waals surface area (Å²) in [5.41, 5.74) is 0. The van der Waals surface area contributed by atoms with Crippen molar-refractivity contribution in [1.29, 1.82) is 0 Å². The summed E-state index contributed by atoms with van der Waals surface area (Å²) in [6.07, 6.45) is 0. The summed E-state index contributed by atoms with van der Waals surface area (Å²) >= 11 is 0. The zero-order valence-corrected chi connectivity index (χ0v) is 10.6. The highest BCUT2D eigenvalue weighted by Crippen LogP contribution is 2.09. The van der Waals surface area contributed by atoms with E-state index in [1.807, 2.05) is 19.1 Å². The molecule has 0 N–H and O–H groups in total. The van der Waals surface area contributed by atoms with Gasteiger partial charge < -0.3 is 18.8 Å². The second-order valence-corrected chi connectivity index (χ2v) is 3.75. The first kappa shape index (κ1) is 13.7. The van der Waals surface area contributed by atoms with Crippen molar-refractivity contribution in [3.63, 3.8) is 0 Å². The van der Waals surface area contributed by atoms with Crippen LogP contribution >= 0.6 is 0 Å². The molecular formula is C12H19NO4. The SMILES string of the molecule is COCCN(Cc1ccc(C)o1)C(=O)COC. The Hall–Kier alpha value is -1.33. The first-order valence-corrected chi connectivity index (χ1v) is 5.48. The van der Waals surface area contributed by atoms with E-state index in [0.717, 1.165) is 11.5 Å². The van der Waals surface area contributed by atoms with E-state index in [2.05, 4.69) is 0 Å². The van der Waals surface area contributed by atoms with Gasteiger partial charge in [0.25, 0.3) is 0 Å². The van der Waals surface area contributed by atoms with Crippen molar-refractivity contribution in [2.45, 2.75) is 13.5 Å². The lowest BCUT2D eigenvalue weighted by Crippen LogP contribution is -2.35. The number of carbonyl (C=O) groups is 1. The predicted octanol–water partition coefficient (Wildman–Crippen LogP) is 1.21. The first-order chi connectivity index (χ1) is 8.17. The summed E-state index contributed by atoms with van der Waals surface area (Å²) in [7, 11) is 3.11.